The van der Waals surface area contributed by atoms with Crippen LogP contribution in [0.4, 0.5) is 13.2 Å². The molecule has 0 atom stereocenters. The Labute approximate surface area is 90.6 Å². The Hall–Kier alpha value is -1.15. The van der Waals surface area contributed by atoms with Gasteiger partial charge in [-0.3, -0.25) is 4.90 Å². The van der Waals surface area contributed by atoms with Crippen molar-refractivity contribution >= 4 is 0 Å². The van der Waals surface area contributed by atoms with Gasteiger partial charge in [0.25, 0.3) is 0 Å². The number of halogens is 3. The second-order valence-corrected chi connectivity index (χ2v) is 3.28. The van der Waals surface area contributed by atoms with E-state index in [9.17, 15) is 13.2 Å². The lowest BCUT2D eigenvalue weighted by molar-refractivity contribution is -0.147. The lowest BCUT2D eigenvalue weighted by atomic mass is 10.4. The topological polar surface area (TPSA) is 54.2 Å². The number of rotatable bonds is 6. The van der Waals surface area contributed by atoms with Crippen LogP contribution in [0.15, 0.2) is 10.9 Å². The van der Waals surface area contributed by atoms with E-state index in [2.05, 4.69) is 20.0 Å². The van der Waals surface area contributed by atoms with Crippen LogP contribution in [0.2, 0.25) is 0 Å². The molecular weight excluding hydrogens is 225 g/mol. The summed E-state index contributed by atoms with van der Waals surface area (Å²) in [6.45, 7) is -0.223. The summed E-state index contributed by atoms with van der Waals surface area (Å²) in [5.41, 5.74) is 0. The first-order chi connectivity index (χ1) is 7.51. The van der Waals surface area contributed by atoms with Crippen molar-refractivity contribution in [1.29, 1.82) is 0 Å². The zero-order valence-corrected chi connectivity index (χ0v) is 8.79. The van der Waals surface area contributed by atoms with Crippen LogP contribution in [0.25, 0.3) is 0 Å². The van der Waals surface area contributed by atoms with E-state index in [0.29, 0.717) is 6.54 Å². The van der Waals surface area contributed by atoms with Crippen LogP contribution >= 0.6 is 0 Å². The minimum atomic E-state index is -4.22. The van der Waals surface area contributed by atoms with Gasteiger partial charge in [-0.05, 0) is 7.05 Å². The number of nitrogens with one attached hydrogen (secondary N) is 1. The molecule has 0 aliphatic rings. The van der Waals surface area contributed by atoms with Gasteiger partial charge in [-0.25, -0.2) is 0 Å². The third kappa shape index (κ3) is 5.08. The highest BCUT2D eigenvalue weighted by Gasteiger charge is 2.30. The van der Waals surface area contributed by atoms with Gasteiger partial charge in [-0.15, -0.1) is 0 Å². The van der Waals surface area contributed by atoms with E-state index in [-0.39, 0.29) is 18.9 Å². The van der Waals surface area contributed by atoms with Crippen molar-refractivity contribution in [3.8, 4) is 0 Å². The third-order valence-corrected chi connectivity index (χ3v) is 1.85. The molecule has 0 radical (unpaired) electrons. The molecular formula is C8H13F3N4O. The number of hydrogen-bond donors (Lipinski definition) is 1. The monoisotopic (exact) mass is 238 g/mol. The second-order valence-electron chi connectivity index (χ2n) is 3.28. The smallest absolute Gasteiger partial charge is 0.343 e. The van der Waals surface area contributed by atoms with Crippen LogP contribution in [0.3, 0.4) is 0 Å². The molecule has 1 aromatic heterocycles. The fourth-order valence-electron chi connectivity index (χ4n) is 1.20. The molecule has 1 aromatic rings. The van der Waals surface area contributed by atoms with E-state index in [1.54, 1.807) is 7.05 Å². The van der Waals surface area contributed by atoms with Crippen molar-refractivity contribution in [3.63, 3.8) is 0 Å². The van der Waals surface area contributed by atoms with E-state index in [4.69, 9.17) is 0 Å². The van der Waals surface area contributed by atoms with Crippen LogP contribution < -0.4 is 5.32 Å². The summed E-state index contributed by atoms with van der Waals surface area (Å²) in [4.78, 5) is 4.90. The Morgan fingerprint density at radius 1 is 1.50 bits per heavy atom. The largest absolute Gasteiger partial charge is 0.401 e. The molecule has 0 saturated heterocycles. The molecule has 1 rings (SSSR count). The van der Waals surface area contributed by atoms with Crippen molar-refractivity contribution in [2.45, 2.75) is 12.7 Å². The van der Waals surface area contributed by atoms with Crippen LogP contribution in [0.5, 0.6) is 0 Å². The molecule has 5 nitrogen and oxygen atoms in total. The van der Waals surface area contributed by atoms with Crippen LogP contribution in [0, 0.1) is 0 Å². The Morgan fingerprint density at radius 3 is 2.75 bits per heavy atom. The summed E-state index contributed by atoms with van der Waals surface area (Å²) >= 11 is 0. The first-order valence-electron chi connectivity index (χ1n) is 4.70. The number of aromatic nitrogens is 2. The molecule has 0 aliphatic heterocycles. The zero-order chi connectivity index (χ0) is 12.0. The number of alkyl halides is 3. The fraction of sp³-hybridized carbons (Fsp3) is 0.750. The van der Waals surface area contributed by atoms with Gasteiger partial charge >= 0.3 is 6.18 Å². The van der Waals surface area contributed by atoms with E-state index in [1.807, 2.05) is 0 Å². The predicted molar refractivity (Wildman–Crippen MR) is 49.6 cm³/mol. The molecule has 0 aromatic carbocycles. The van der Waals surface area contributed by atoms with Crippen LogP contribution in [0.1, 0.15) is 5.82 Å². The third-order valence-electron chi connectivity index (χ3n) is 1.85. The average Bonchev–Trinajstić information content (AvgIpc) is 2.64. The lowest BCUT2D eigenvalue weighted by Gasteiger charge is -2.21. The summed E-state index contributed by atoms with van der Waals surface area (Å²) in [6, 6.07) is 0. The maximum atomic E-state index is 12.2. The van der Waals surface area contributed by atoms with E-state index in [0.717, 1.165) is 6.39 Å². The Balaban J connectivity index is 2.50. The molecule has 0 spiro atoms. The van der Waals surface area contributed by atoms with Gasteiger partial charge in [0.05, 0.1) is 13.1 Å². The maximum Gasteiger partial charge on any atom is 0.401 e. The fourth-order valence-corrected chi connectivity index (χ4v) is 1.20. The number of nitrogens with zero attached hydrogens (tertiary/aromatic N) is 3. The quantitative estimate of drug-likeness (QED) is 0.788. The predicted octanol–water partition coefficient (Wildman–Crippen LogP) is 0.653. The molecule has 1 heterocycles. The second kappa shape index (κ2) is 5.80. The van der Waals surface area contributed by atoms with E-state index < -0.39 is 12.7 Å². The molecule has 0 unspecified atom stereocenters. The highest BCUT2D eigenvalue weighted by Crippen LogP contribution is 2.17. The normalized spacial score (nSPS) is 12.3. The van der Waals surface area contributed by atoms with Crippen molar-refractivity contribution in [1.82, 2.24) is 20.4 Å². The SMILES string of the molecule is CNCCN(Cc1ncon1)CC(F)(F)F. The summed E-state index contributed by atoms with van der Waals surface area (Å²) in [7, 11) is 1.68. The van der Waals surface area contributed by atoms with E-state index in [1.165, 1.54) is 4.90 Å². The zero-order valence-electron chi connectivity index (χ0n) is 8.79. The summed E-state index contributed by atoms with van der Waals surface area (Å²) in [6.07, 6.45) is -3.13. The maximum absolute atomic E-state index is 12.2. The van der Waals surface area contributed by atoms with Gasteiger partial charge in [0.15, 0.2) is 5.82 Å². The van der Waals surface area contributed by atoms with Gasteiger partial charge in [0, 0.05) is 13.1 Å². The van der Waals surface area contributed by atoms with Gasteiger partial charge in [0.1, 0.15) is 0 Å². The molecule has 8 heteroatoms. The van der Waals surface area contributed by atoms with Crippen molar-refractivity contribution in [2.75, 3.05) is 26.7 Å². The summed E-state index contributed by atoms with van der Waals surface area (Å²) < 4.78 is 41.2. The lowest BCUT2D eigenvalue weighted by Crippen LogP contribution is -2.38. The molecule has 1 N–H and O–H groups in total. The van der Waals surface area contributed by atoms with Crippen molar-refractivity contribution < 1.29 is 17.7 Å². The highest BCUT2D eigenvalue weighted by molar-refractivity contribution is 4.79. The standard InChI is InChI=1S/C8H13F3N4O/c1-12-2-3-15(5-8(9,10)11)4-7-13-6-16-14-7/h6,12H,2-5H2,1H3. The van der Waals surface area contributed by atoms with Crippen molar-refractivity contribution in [3.05, 3.63) is 12.2 Å². The van der Waals surface area contributed by atoms with Crippen molar-refractivity contribution in [2.24, 2.45) is 0 Å². The molecule has 0 aliphatic carbocycles. The Morgan fingerprint density at radius 2 is 2.25 bits per heavy atom. The minimum absolute atomic E-state index is 0.0255. The van der Waals surface area contributed by atoms with Crippen LogP contribution in [-0.2, 0) is 6.54 Å². The average molecular weight is 238 g/mol. The molecule has 92 valence electrons. The molecule has 0 saturated carbocycles. The molecule has 0 amide bonds. The van der Waals surface area contributed by atoms with Gasteiger partial charge in [-0.2, -0.15) is 18.2 Å². The van der Waals surface area contributed by atoms with Gasteiger partial charge in [0.2, 0.25) is 6.39 Å². The summed E-state index contributed by atoms with van der Waals surface area (Å²) in [5, 5.41) is 6.27. The highest BCUT2D eigenvalue weighted by atomic mass is 19.4. The van der Waals surface area contributed by atoms with Gasteiger partial charge < -0.3 is 9.84 Å². The summed E-state index contributed by atoms with van der Waals surface area (Å²) in [5.74, 6) is 0.250. The van der Waals surface area contributed by atoms with E-state index >= 15 is 0 Å². The van der Waals surface area contributed by atoms with Crippen LogP contribution in [-0.4, -0.2) is 47.9 Å². The molecule has 0 bridgehead atoms. The first kappa shape index (κ1) is 12.9. The number of likely N-dealkylation sites (N-methyl/N-ethyl adjacent to an activating group) is 1. The first-order valence-corrected chi connectivity index (χ1v) is 4.70. The molecule has 0 fully saturated rings. The number of hydrogen-bond acceptors (Lipinski definition) is 5. The molecule has 16 heavy (non-hydrogen) atoms. The Bertz CT molecular complexity index is 288. The minimum Gasteiger partial charge on any atom is -0.343 e. The Kier molecular flexibility index (Phi) is 4.69. The van der Waals surface area contributed by atoms with Gasteiger partial charge in [-0.1, -0.05) is 5.16 Å².